The zero-order valence-electron chi connectivity index (χ0n) is 15.1. The van der Waals surface area contributed by atoms with Crippen LogP contribution in [0.15, 0.2) is 57.4 Å². The molecule has 140 valence electrons. The van der Waals surface area contributed by atoms with Crippen molar-refractivity contribution >= 4 is 38.6 Å². The Kier molecular flexibility index (Phi) is 6.84. The zero-order valence-corrected chi connectivity index (χ0v) is 17.5. The van der Waals surface area contributed by atoms with Crippen molar-refractivity contribution in [3.05, 3.63) is 57.9 Å². The number of aromatic nitrogens is 1. The van der Waals surface area contributed by atoms with E-state index in [0.29, 0.717) is 18.1 Å². The maximum absolute atomic E-state index is 5.74. The number of methoxy groups -OCH3 is 1. The van der Waals surface area contributed by atoms with Gasteiger partial charge in [0.15, 0.2) is 11.5 Å². The van der Waals surface area contributed by atoms with E-state index in [-0.39, 0.29) is 0 Å². The number of nitrogens with one attached hydrogen (secondary N) is 1. The highest BCUT2D eigenvalue weighted by atomic mass is 79.9. The van der Waals surface area contributed by atoms with Gasteiger partial charge in [0.05, 0.1) is 30.1 Å². The number of halogens is 1. The Morgan fingerprint density at radius 3 is 2.81 bits per heavy atom. The van der Waals surface area contributed by atoms with Gasteiger partial charge in [-0.25, -0.2) is 4.98 Å². The van der Waals surface area contributed by atoms with E-state index in [4.69, 9.17) is 9.47 Å². The first kappa shape index (κ1) is 19.4. The van der Waals surface area contributed by atoms with Crippen LogP contribution in [0.4, 0.5) is 5.13 Å². The van der Waals surface area contributed by atoms with E-state index in [1.165, 1.54) is 11.3 Å². The van der Waals surface area contributed by atoms with Crippen molar-refractivity contribution in [2.24, 2.45) is 5.10 Å². The maximum Gasteiger partial charge on any atom is 0.203 e. The Morgan fingerprint density at radius 1 is 1.26 bits per heavy atom. The van der Waals surface area contributed by atoms with Crippen LogP contribution in [0.1, 0.15) is 18.9 Å². The fourth-order valence-corrected chi connectivity index (χ4v) is 3.63. The van der Waals surface area contributed by atoms with Crippen molar-refractivity contribution in [1.82, 2.24) is 4.98 Å². The Balaban J connectivity index is 1.69. The minimum Gasteiger partial charge on any atom is -0.493 e. The van der Waals surface area contributed by atoms with Gasteiger partial charge in [0.2, 0.25) is 5.13 Å². The first-order valence-electron chi connectivity index (χ1n) is 8.51. The number of hydrogen-bond donors (Lipinski definition) is 1. The molecular weight excluding hydrogens is 426 g/mol. The molecule has 0 aliphatic carbocycles. The van der Waals surface area contributed by atoms with E-state index in [1.807, 2.05) is 47.8 Å². The maximum atomic E-state index is 5.74. The lowest BCUT2D eigenvalue weighted by Crippen LogP contribution is -2.00. The number of hydrogen-bond acceptors (Lipinski definition) is 6. The van der Waals surface area contributed by atoms with Crippen molar-refractivity contribution in [1.29, 1.82) is 0 Å². The molecule has 1 N–H and O–H groups in total. The van der Waals surface area contributed by atoms with Crippen molar-refractivity contribution in [3.63, 3.8) is 0 Å². The van der Waals surface area contributed by atoms with Crippen LogP contribution in [-0.2, 0) is 0 Å². The minimum absolute atomic E-state index is 0.637. The van der Waals surface area contributed by atoms with Crippen LogP contribution < -0.4 is 14.9 Å². The first-order valence-corrected chi connectivity index (χ1v) is 10.2. The average Bonchev–Trinajstić information content (AvgIpc) is 3.16. The van der Waals surface area contributed by atoms with Crippen LogP contribution in [0.25, 0.3) is 11.3 Å². The van der Waals surface area contributed by atoms with Crippen molar-refractivity contribution in [2.45, 2.75) is 13.3 Å². The number of hydrazone groups is 1. The summed E-state index contributed by atoms with van der Waals surface area (Å²) >= 11 is 5.05. The summed E-state index contributed by atoms with van der Waals surface area (Å²) in [6.07, 6.45) is 2.65. The summed E-state index contributed by atoms with van der Waals surface area (Å²) in [5, 5.41) is 7.02. The fraction of sp³-hybridized carbons (Fsp3) is 0.200. The number of rotatable bonds is 8. The normalized spacial score (nSPS) is 10.9. The summed E-state index contributed by atoms with van der Waals surface area (Å²) < 4.78 is 12.0. The van der Waals surface area contributed by atoms with E-state index in [1.54, 1.807) is 13.3 Å². The molecule has 1 aromatic heterocycles. The molecule has 0 spiro atoms. The molecule has 2 aromatic carbocycles. The second-order valence-corrected chi connectivity index (χ2v) is 7.37. The highest BCUT2D eigenvalue weighted by Gasteiger charge is 2.11. The van der Waals surface area contributed by atoms with Gasteiger partial charge in [-0.1, -0.05) is 37.3 Å². The van der Waals surface area contributed by atoms with Crippen LogP contribution >= 0.6 is 27.3 Å². The highest BCUT2D eigenvalue weighted by Crippen LogP contribution is 2.36. The van der Waals surface area contributed by atoms with Gasteiger partial charge in [-0.05, 0) is 40.0 Å². The molecule has 0 fully saturated rings. The van der Waals surface area contributed by atoms with E-state index < -0.39 is 0 Å². The van der Waals surface area contributed by atoms with Gasteiger partial charge < -0.3 is 9.47 Å². The van der Waals surface area contributed by atoms with Gasteiger partial charge in [0.1, 0.15) is 0 Å². The van der Waals surface area contributed by atoms with E-state index >= 15 is 0 Å². The molecule has 5 nitrogen and oxygen atoms in total. The SMILES string of the molecule is CCCOc1c(Br)cc(C=NNc2nc(-c3ccccc3)cs2)cc1OC. The van der Waals surface area contributed by atoms with Gasteiger partial charge in [-0.2, -0.15) is 5.10 Å². The third-order valence-electron chi connectivity index (χ3n) is 3.65. The molecular formula is C20H20BrN3O2S. The van der Waals surface area contributed by atoms with Gasteiger partial charge in [-0.15, -0.1) is 11.3 Å². The molecule has 0 atom stereocenters. The van der Waals surface area contributed by atoms with Gasteiger partial charge >= 0.3 is 0 Å². The van der Waals surface area contributed by atoms with Gasteiger partial charge in [0.25, 0.3) is 0 Å². The summed E-state index contributed by atoms with van der Waals surface area (Å²) in [5.41, 5.74) is 5.88. The summed E-state index contributed by atoms with van der Waals surface area (Å²) in [7, 11) is 1.63. The average molecular weight is 446 g/mol. The quantitative estimate of drug-likeness (QED) is 0.350. The lowest BCUT2D eigenvalue weighted by Gasteiger charge is -2.12. The largest absolute Gasteiger partial charge is 0.493 e. The Labute approximate surface area is 171 Å². The molecule has 0 amide bonds. The predicted octanol–water partition coefficient (Wildman–Crippen LogP) is 5.82. The molecule has 1 heterocycles. The summed E-state index contributed by atoms with van der Waals surface area (Å²) in [6, 6.07) is 13.9. The Bertz CT molecular complexity index is 913. The molecule has 0 saturated heterocycles. The summed E-state index contributed by atoms with van der Waals surface area (Å²) in [6.45, 7) is 2.70. The molecule has 7 heteroatoms. The molecule has 3 rings (SSSR count). The topological polar surface area (TPSA) is 55.7 Å². The number of nitrogens with zero attached hydrogens (tertiary/aromatic N) is 2. The predicted molar refractivity (Wildman–Crippen MR) is 115 cm³/mol. The van der Waals surface area contributed by atoms with Crippen LogP contribution in [0, 0.1) is 0 Å². The van der Waals surface area contributed by atoms with E-state index in [2.05, 4.69) is 38.4 Å². The Hall–Kier alpha value is -2.38. The lowest BCUT2D eigenvalue weighted by molar-refractivity contribution is 0.292. The third-order valence-corrected chi connectivity index (χ3v) is 4.99. The number of thiazole rings is 1. The molecule has 0 unspecified atom stereocenters. The van der Waals surface area contributed by atoms with Crippen molar-refractivity contribution in [3.8, 4) is 22.8 Å². The van der Waals surface area contributed by atoms with Crippen LogP contribution in [0.3, 0.4) is 0 Å². The molecule has 0 bridgehead atoms. The van der Waals surface area contributed by atoms with Gasteiger partial charge in [-0.3, -0.25) is 5.43 Å². The number of ether oxygens (including phenoxy) is 2. The fourth-order valence-electron chi connectivity index (χ4n) is 2.39. The van der Waals surface area contributed by atoms with Crippen LogP contribution in [0.5, 0.6) is 11.5 Å². The van der Waals surface area contributed by atoms with Crippen LogP contribution in [0.2, 0.25) is 0 Å². The second-order valence-electron chi connectivity index (χ2n) is 5.66. The van der Waals surface area contributed by atoms with E-state index in [0.717, 1.165) is 32.8 Å². The standard InChI is InChI=1S/C20H20BrN3O2S/c1-3-9-26-19-16(21)10-14(11-18(19)25-2)12-22-24-20-23-17(13-27-20)15-7-5-4-6-8-15/h4-8,10-13H,3,9H2,1-2H3,(H,23,24). The molecule has 0 aliphatic rings. The monoisotopic (exact) mass is 445 g/mol. The third kappa shape index (κ3) is 5.08. The van der Waals surface area contributed by atoms with Crippen LogP contribution in [-0.4, -0.2) is 24.9 Å². The summed E-state index contributed by atoms with van der Waals surface area (Å²) in [5.74, 6) is 1.37. The zero-order chi connectivity index (χ0) is 19.1. The van der Waals surface area contributed by atoms with E-state index in [9.17, 15) is 0 Å². The minimum atomic E-state index is 0.637. The molecule has 3 aromatic rings. The molecule has 0 aliphatic heterocycles. The first-order chi connectivity index (χ1) is 13.2. The molecule has 0 saturated carbocycles. The molecule has 0 radical (unpaired) electrons. The molecule has 27 heavy (non-hydrogen) atoms. The Morgan fingerprint density at radius 2 is 2.07 bits per heavy atom. The summed E-state index contributed by atoms with van der Waals surface area (Å²) in [4.78, 5) is 4.55. The van der Waals surface area contributed by atoms with Crippen molar-refractivity contribution < 1.29 is 9.47 Å². The smallest absolute Gasteiger partial charge is 0.203 e. The van der Waals surface area contributed by atoms with Gasteiger partial charge in [0, 0.05) is 10.9 Å². The number of anilines is 1. The number of benzene rings is 2. The highest BCUT2D eigenvalue weighted by molar-refractivity contribution is 9.10. The second kappa shape index (κ2) is 9.53. The lowest BCUT2D eigenvalue weighted by atomic mass is 10.2. The van der Waals surface area contributed by atoms with Crippen molar-refractivity contribution in [2.75, 3.05) is 19.1 Å².